The van der Waals surface area contributed by atoms with Gasteiger partial charge >= 0.3 is 0 Å². The maximum absolute atomic E-state index is 13.6. The Morgan fingerprint density at radius 2 is 2.10 bits per heavy atom. The van der Waals surface area contributed by atoms with Gasteiger partial charge < -0.3 is 19.8 Å². The normalized spacial score (nSPS) is 15.2. The number of hydrogen-bond acceptors (Lipinski definition) is 6. The van der Waals surface area contributed by atoms with Crippen molar-refractivity contribution in [2.24, 2.45) is 5.73 Å². The van der Waals surface area contributed by atoms with Crippen molar-refractivity contribution in [2.75, 3.05) is 7.11 Å². The molecule has 1 aromatic carbocycles. The molecule has 3 heterocycles. The summed E-state index contributed by atoms with van der Waals surface area (Å²) in [7, 11) is 1.57. The zero-order valence-corrected chi connectivity index (χ0v) is 16.6. The second-order valence-corrected chi connectivity index (χ2v) is 6.98. The third-order valence-corrected chi connectivity index (χ3v) is 5.16. The highest BCUT2D eigenvalue weighted by Crippen LogP contribution is 2.41. The van der Waals surface area contributed by atoms with Crippen LogP contribution < -0.4 is 20.8 Å². The van der Waals surface area contributed by atoms with Crippen LogP contribution in [0.5, 0.6) is 11.5 Å². The highest BCUT2D eigenvalue weighted by atomic mass is 16.5. The molecule has 4 rings (SSSR count). The lowest BCUT2D eigenvalue weighted by Crippen LogP contribution is -2.33. The fourth-order valence-electron chi connectivity index (χ4n) is 3.69. The molecule has 0 saturated heterocycles. The van der Waals surface area contributed by atoms with Gasteiger partial charge in [-0.1, -0.05) is 18.2 Å². The predicted molar refractivity (Wildman–Crippen MR) is 111 cm³/mol. The molecule has 0 radical (unpaired) electrons. The minimum absolute atomic E-state index is 0.000837. The van der Waals surface area contributed by atoms with E-state index in [2.05, 4.69) is 11.1 Å². The van der Waals surface area contributed by atoms with Gasteiger partial charge in [-0.15, -0.1) is 0 Å². The van der Waals surface area contributed by atoms with Gasteiger partial charge in [-0.3, -0.25) is 9.78 Å². The molecule has 0 spiro atoms. The van der Waals surface area contributed by atoms with Crippen molar-refractivity contribution in [3.63, 3.8) is 0 Å². The molecule has 3 aromatic rings. The Hall–Kier alpha value is -4.05. The Labute approximate surface area is 173 Å². The van der Waals surface area contributed by atoms with Crippen molar-refractivity contribution in [2.45, 2.75) is 19.4 Å². The zero-order chi connectivity index (χ0) is 21.3. The van der Waals surface area contributed by atoms with Crippen molar-refractivity contribution in [1.82, 2.24) is 9.55 Å². The van der Waals surface area contributed by atoms with Gasteiger partial charge in [0.15, 0.2) is 0 Å². The summed E-state index contributed by atoms with van der Waals surface area (Å²) in [5, 5.41) is 9.78. The maximum Gasteiger partial charge on any atom is 0.259 e. The number of benzene rings is 1. The molecule has 1 aliphatic rings. The Morgan fingerprint density at radius 3 is 2.80 bits per heavy atom. The molecule has 150 valence electrons. The maximum atomic E-state index is 13.6. The predicted octanol–water partition coefficient (Wildman–Crippen LogP) is 2.83. The van der Waals surface area contributed by atoms with Crippen LogP contribution in [0.2, 0.25) is 0 Å². The molecule has 0 aliphatic carbocycles. The quantitative estimate of drug-likeness (QED) is 0.722. The van der Waals surface area contributed by atoms with Crippen molar-refractivity contribution < 1.29 is 9.47 Å². The molecule has 2 N–H and O–H groups in total. The monoisotopic (exact) mass is 400 g/mol. The standard InChI is InChI=1S/C23H20N4O3/c1-14-10-19-21(23(28)27(14)13-16-7-3-4-9-26-16)20(18(12-24)22(25)30-19)15-6-5-8-17(11-15)29-2/h3-11,20H,13,25H2,1-2H3. The number of fused-ring (bicyclic) bond motifs is 1. The summed E-state index contributed by atoms with van der Waals surface area (Å²) < 4.78 is 12.6. The molecule has 30 heavy (non-hydrogen) atoms. The first-order valence-corrected chi connectivity index (χ1v) is 9.39. The Balaban J connectivity index is 1.93. The zero-order valence-electron chi connectivity index (χ0n) is 16.6. The van der Waals surface area contributed by atoms with E-state index in [-0.39, 0.29) is 17.0 Å². The van der Waals surface area contributed by atoms with E-state index in [0.717, 1.165) is 11.3 Å². The second kappa shape index (κ2) is 7.76. The smallest absolute Gasteiger partial charge is 0.259 e. The largest absolute Gasteiger partial charge is 0.497 e. The second-order valence-electron chi connectivity index (χ2n) is 6.98. The van der Waals surface area contributed by atoms with E-state index < -0.39 is 5.92 Å². The summed E-state index contributed by atoms with van der Waals surface area (Å²) in [5.41, 5.74) is 8.56. The molecule has 0 bridgehead atoms. The molecule has 2 aromatic heterocycles. The number of aromatic nitrogens is 2. The van der Waals surface area contributed by atoms with E-state index in [1.165, 1.54) is 0 Å². The molecule has 1 aliphatic heterocycles. The van der Waals surface area contributed by atoms with E-state index in [1.807, 2.05) is 37.3 Å². The summed E-state index contributed by atoms with van der Waals surface area (Å²) in [6, 6.07) is 16.7. The van der Waals surface area contributed by atoms with Crippen LogP contribution >= 0.6 is 0 Å². The van der Waals surface area contributed by atoms with Crippen LogP contribution in [0.15, 0.2) is 71.0 Å². The number of methoxy groups -OCH3 is 1. The molecule has 1 unspecified atom stereocenters. The molecule has 7 nitrogen and oxygen atoms in total. The highest BCUT2D eigenvalue weighted by Gasteiger charge is 2.34. The van der Waals surface area contributed by atoms with Gasteiger partial charge in [0.2, 0.25) is 5.88 Å². The van der Waals surface area contributed by atoms with E-state index in [0.29, 0.717) is 29.3 Å². The van der Waals surface area contributed by atoms with Crippen LogP contribution in [-0.4, -0.2) is 16.7 Å². The van der Waals surface area contributed by atoms with Crippen molar-refractivity contribution in [3.05, 3.63) is 99.1 Å². The SMILES string of the molecule is COc1cccc(C2C(C#N)=C(N)Oc3cc(C)n(Cc4ccccn4)c(=O)c32)c1. The fourth-order valence-corrected chi connectivity index (χ4v) is 3.69. The molecule has 0 fully saturated rings. The van der Waals surface area contributed by atoms with Crippen LogP contribution in [0.4, 0.5) is 0 Å². The van der Waals surface area contributed by atoms with Crippen LogP contribution in [0.25, 0.3) is 0 Å². The number of rotatable bonds is 4. The molecule has 0 amide bonds. The summed E-state index contributed by atoms with van der Waals surface area (Å²) in [4.78, 5) is 17.9. The van der Waals surface area contributed by atoms with Gasteiger partial charge in [-0.25, -0.2) is 0 Å². The first kappa shape index (κ1) is 19.3. The minimum Gasteiger partial charge on any atom is -0.497 e. The van der Waals surface area contributed by atoms with Crippen LogP contribution in [0, 0.1) is 18.3 Å². The molecular formula is C23H20N4O3. The van der Waals surface area contributed by atoms with Gasteiger partial charge in [0, 0.05) is 18.0 Å². The first-order valence-electron chi connectivity index (χ1n) is 9.39. The number of pyridine rings is 2. The van der Waals surface area contributed by atoms with Crippen LogP contribution in [0.3, 0.4) is 0 Å². The third kappa shape index (κ3) is 3.29. The number of nitriles is 1. The van der Waals surface area contributed by atoms with Gasteiger partial charge in [-0.2, -0.15) is 5.26 Å². The topological polar surface area (TPSA) is 103 Å². The summed E-state index contributed by atoms with van der Waals surface area (Å²) >= 11 is 0. The third-order valence-electron chi connectivity index (χ3n) is 5.16. The van der Waals surface area contributed by atoms with Crippen LogP contribution in [-0.2, 0) is 6.54 Å². The van der Waals surface area contributed by atoms with Gasteiger partial charge in [-0.05, 0) is 36.8 Å². The van der Waals surface area contributed by atoms with Crippen molar-refractivity contribution in [1.29, 1.82) is 5.26 Å². The number of allylic oxidation sites excluding steroid dienone is 1. The van der Waals surface area contributed by atoms with Gasteiger partial charge in [0.25, 0.3) is 5.56 Å². The average Bonchev–Trinajstić information content (AvgIpc) is 2.76. The summed E-state index contributed by atoms with van der Waals surface area (Å²) in [6.07, 6.45) is 1.69. The molecular weight excluding hydrogens is 380 g/mol. The number of ether oxygens (including phenoxy) is 2. The minimum atomic E-state index is -0.656. The molecule has 7 heteroatoms. The molecule has 0 saturated carbocycles. The lowest BCUT2D eigenvalue weighted by Gasteiger charge is -2.27. The number of nitrogens with two attached hydrogens (primary N) is 1. The lowest BCUT2D eigenvalue weighted by molar-refractivity contribution is 0.388. The first-order chi connectivity index (χ1) is 14.5. The summed E-state index contributed by atoms with van der Waals surface area (Å²) in [6.45, 7) is 2.14. The summed E-state index contributed by atoms with van der Waals surface area (Å²) in [5.74, 6) is 0.326. The van der Waals surface area contributed by atoms with Crippen molar-refractivity contribution >= 4 is 0 Å². The number of nitrogens with zero attached hydrogens (tertiary/aromatic N) is 3. The van der Waals surface area contributed by atoms with E-state index in [4.69, 9.17) is 15.2 Å². The van der Waals surface area contributed by atoms with E-state index in [9.17, 15) is 10.1 Å². The Morgan fingerprint density at radius 1 is 1.27 bits per heavy atom. The van der Waals surface area contributed by atoms with Gasteiger partial charge in [0.1, 0.15) is 23.1 Å². The lowest BCUT2D eigenvalue weighted by atomic mass is 9.84. The fraction of sp³-hybridized carbons (Fsp3) is 0.174. The molecule has 1 atom stereocenters. The average molecular weight is 400 g/mol. The van der Waals surface area contributed by atoms with Crippen molar-refractivity contribution in [3.8, 4) is 17.6 Å². The Bertz CT molecular complexity index is 1240. The highest BCUT2D eigenvalue weighted by molar-refractivity contribution is 5.56. The number of aryl methyl sites for hydroxylation is 1. The van der Waals surface area contributed by atoms with E-state index in [1.54, 1.807) is 36.1 Å². The Kier molecular flexibility index (Phi) is 4.98. The number of hydrogen-bond donors (Lipinski definition) is 1. The van der Waals surface area contributed by atoms with Gasteiger partial charge in [0.05, 0.1) is 30.8 Å². The van der Waals surface area contributed by atoms with Crippen LogP contribution in [0.1, 0.15) is 28.4 Å². The van der Waals surface area contributed by atoms with E-state index >= 15 is 0 Å².